The molecule has 3 aliphatic heterocycles. The number of amides is 1. The Balaban J connectivity index is 1.18. The van der Waals surface area contributed by atoms with Crippen molar-refractivity contribution in [2.75, 3.05) is 44.7 Å². The van der Waals surface area contributed by atoms with Gasteiger partial charge in [0.05, 0.1) is 18.1 Å². The van der Waals surface area contributed by atoms with Crippen LogP contribution in [0.2, 0.25) is 0 Å². The van der Waals surface area contributed by atoms with Crippen LogP contribution in [-0.2, 0) is 30.8 Å². The van der Waals surface area contributed by atoms with E-state index in [0.29, 0.717) is 50.9 Å². The fourth-order valence-electron chi connectivity index (χ4n) is 7.31. The predicted octanol–water partition coefficient (Wildman–Crippen LogP) is 3.05. The molecule has 0 bridgehead atoms. The van der Waals surface area contributed by atoms with Crippen molar-refractivity contribution in [1.29, 1.82) is 0 Å². The van der Waals surface area contributed by atoms with E-state index in [0.717, 1.165) is 50.4 Å². The minimum atomic E-state index is -0.0419. The number of piperazine rings is 1. The van der Waals surface area contributed by atoms with E-state index in [1.807, 2.05) is 15.7 Å². The number of carbonyl (C=O) groups excluding carboxylic acids is 1. The molecule has 3 aromatic rings. The van der Waals surface area contributed by atoms with Gasteiger partial charge in [-0.1, -0.05) is 30.8 Å². The van der Waals surface area contributed by atoms with E-state index in [-0.39, 0.29) is 11.9 Å². The third kappa shape index (κ3) is 5.18. The van der Waals surface area contributed by atoms with Crippen molar-refractivity contribution in [3.8, 4) is 6.01 Å². The van der Waals surface area contributed by atoms with Crippen molar-refractivity contribution >= 4 is 11.7 Å². The molecule has 1 aromatic carbocycles. The van der Waals surface area contributed by atoms with Crippen molar-refractivity contribution in [2.45, 2.75) is 63.4 Å². The maximum absolute atomic E-state index is 12.8. The SMILES string of the molecule is C=CC(=O)N1CCN(c2nc(OC[C@@H]3CCCN3C)nc3c2CN(C2CCc4ccccc42)C3)C[C@@H]1Cn1ccnc1. The third-order valence-corrected chi connectivity index (χ3v) is 9.60. The number of anilines is 1. The molecule has 220 valence electrons. The number of benzene rings is 1. The summed E-state index contributed by atoms with van der Waals surface area (Å²) < 4.78 is 8.36. The molecule has 2 aromatic heterocycles. The summed E-state index contributed by atoms with van der Waals surface area (Å²) in [7, 11) is 2.16. The van der Waals surface area contributed by atoms with E-state index >= 15 is 0 Å². The summed E-state index contributed by atoms with van der Waals surface area (Å²) in [6.07, 6.45) is 11.5. The summed E-state index contributed by atoms with van der Waals surface area (Å²) in [5, 5.41) is 0. The molecular formula is C32H40N8O2. The molecule has 0 N–H and O–H groups in total. The Labute approximate surface area is 247 Å². The Morgan fingerprint density at radius 1 is 1.12 bits per heavy atom. The second-order valence-corrected chi connectivity index (χ2v) is 12.1. The molecule has 4 aliphatic rings. The summed E-state index contributed by atoms with van der Waals surface area (Å²) in [5.74, 6) is 0.911. The molecule has 1 amide bonds. The number of likely N-dealkylation sites (N-methyl/N-ethyl adjacent to an activating group) is 1. The average Bonchev–Trinajstić information content (AvgIpc) is 3.82. The molecule has 1 aliphatic carbocycles. The van der Waals surface area contributed by atoms with E-state index in [9.17, 15) is 4.79 Å². The number of carbonyl (C=O) groups is 1. The van der Waals surface area contributed by atoms with Gasteiger partial charge in [-0.3, -0.25) is 9.69 Å². The summed E-state index contributed by atoms with van der Waals surface area (Å²) in [6.45, 7) is 9.68. The number of hydrogen-bond acceptors (Lipinski definition) is 8. The molecule has 1 unspecified atom stereocenters. The lowest BCUT2D eigenvalue weighted by atomic mass is 10.1. The van der Waals surface area contributed by atoms with E-state index in [1.165, 1.54) is 29.2 Å². The Hall–Kier alpha value is -3.76. The maximum atomic E-state index is 12.8. The van der Waals surface area contributed by atoms with E-state index in [4.69, 9.17) is 14.7 Å². The average molecular weight is 569 g/mol. The van der Waals surface area contributed by atoms with Crippen LogP contribution in [0.5, 0.6) is 6.01 Å². The van der Waals surface area contributed by atoms with Gasteiger partial charge < -0.3 is 24.0 Å². The molecule has 0 radical (unpaired) electrons. The number of aromatic nitrogens is 4. The Kier molecular flexibility index (Phi) is 7.41. The van der Waals surface area contributed by atoms with Gasteiger partial charge in [0.1, 0.15) is 12.4 Å². The number of aryl methyl sites for hydroxylation is 1. The standard InChI is InChI=1S/C32H40N8O2/c1-3-30(41)40-16-15-38(18-25(40)17-37-14-12-33-22-37)31-27-19-39(29-11-10-23-7-4-5-9-26(23)29)20-28(27)34-32(35-31)42-21-24-8-6-13-36(24)2/h3-5,7,9,12,14,22,24-25,29H,1,6,8,10-11,13,15-21H2,2H3/t24-,25-,29?/m0/s1. The van der Waals surface area contributed by atoms with Gasteiger partial charge in [-0.05, 0) is 56.5 Å². The smallest absolute Gasteiger partial charge is 0.318 e. The van der Waals surface area contributed by atoms with Crippen molar-refractivity contribution < 1.29 is 9.53 Å². The fraction of sp³-hybridized carbons (Fsp3) is 0.500. The highest BCUT2D eigenvalue weighted by Gasteiger charge is 2.37. The minimum Gasteiger partial charge on any atom is -0.462 e. The van der Waals surface area contributed by atoms with Crippen LogP contribution >= 0.6 is 0 Å². The molecule has 0 saturated carbocycles. The first-order chi connectivity index (χ1) is 20.6. The summed E-state index contributed by atoms with van der Waals surface area (Å²) in [5.41, 5.74) is 5.15. The van der Waals surface area contributed by atoms with E-state index in [2.05, 4.69) is 57.6 Å². The Morgan fingerprint density at radius 3 is 2.83 bits per heavy atom. The van der Waals surface area contributed by atoms with Gasteiger partial charge in [0.15, 0.2) is 0 Å². The monoisotopic (exact) mass is 568 g/mol. The van der Waals surface area contributed by atoms with Gasteiger partial charge in [0.2, 0.25) is 5.91 Å². The first-order valence-corrected chi connectivity index (χ1v) is 15.3. The predicted molar refractivity (Wildman–Crippen MR) is 160 cm³/mol. The summed E-state index contributed by atoms with van der Waals surface area (Å²) in [4.78, 5) is 36.3. The molecule has 0 spiro atoms. The van der Waals surface area contributed by atoms with Crippen LogP contribution in [0.15, 0.2) is 55.6 Å². The van der Waals surface area contributed by atoms with Crippen LogP contribution in [0.3, 0.4) is 0 Å². The second kappa shape index (κ2) is 11.5. The number of fused-ring (bicyclic) bond motifs is 2. The zero-order chi connectivity index (χ0) is 28.6. The lowest BCUT2D eigenvalue weighted by Crippen LogP contribution is -2.56. The lowest BCUT2D eigenvalue weighted by molar-refractivity contribution is -0.129. The van der Waals surface area contributed by atoms with Crippen LogP contribution in [0.4, 0.5) is 5.82 Å². The van der Waals surface area contributed by atoms with Gasteiger partial charge in [-0.25, -0.2) is 4.98 Å². The van der Waals surface area contributed by atoms with Crippen LogP contribution < -0.4 is 9.64 Å². The molecule has 7 rings (SSSR count). The molecule has 2 fully saturated rings. The topological polar surface area (TPSA) is 82.9 Å². The largest absolute Gasteiger partial charge is 0.462 e. The highest BCUT2D eigenvalue weighted by molar-refractivity contribution is 5.87. The van der Waals surface area contributed by atoms with E-state index < -0.39 is 0 Å². The number of ether oxygens (including phenoxy) is 1. The number of rotatable bonds is 8. The van der Waals surface area contributed by atoms with Gasteiger partial charge >= 0.3 is 6.01 Å². The first-order valence-electron chi connectivity index (χ1n) is 15.3. The van der Waals surface area contributed by atoms with Crippen LogP contribution in [-0.4, -0.2) is 92.0 Å². The van der Waals surface area contributed by atoms with Crippen molar-refractivity contribution in [3.05, 3.63) is 78.0 Å². The van der Waals surface area contributed by atoms with Gasteiger partial charge in [-0.2, -0.15) is 9.97 Å². The van der Waals surface area contributed by atoms with Crippen molar-refractivity contribution in [3.63, 3.8) is 0 Å². The Morgan fingerprint density at radius 2 is 2.02 bits per heavy atom. The molecule has 2 saturated heterocycles. The summed E-state index contributed by atoms with van der Waals surface area (Å²) >= 11 is 0. The lowest BCUT2D eigenvalue weighted by Gasteiger charge is -2.42. The minimum absolute atomic E-state index is 0.0385. The molecule has 3 atom stereocenters. The normalized spacial score (nSPS) is 24.2. The maximum Gasteiger partial charge on any atom is 0.318 e. The number of hydrogen-bond donors (Lipinski definition) is 0. The summed E-state index contributed by atoms with van der Waals surface area (Å²) in [6, 6.07) is 10.0. The van der Waals surface area contributed by atoms with Crippen LogP contribution in [0.1, 0.15) is 47.7 Å². The Bertz CT molecular complexity index is 1440. The molecule has 42 heavy (non-hydrogen) atoms. The third-order valence-electron chi connectivity index (χ3n) is 9.60. The van der Waals surface area contributed by atoms with E-state index in [1.54, 1.807) is 12.5 Å². The fourth-order valence-corrected chi connectivity index (χ4v) is 7.31. The zero-order valence-electron chi connectivity index (χ0n) is 24.4. The van der Waals surface area contributed by atoms with Crippen molar-refractivity contribution in [2.24, 2.45) is 0 Å². The number of imidazole rings is 1. The molecular weight excluding hydrogens is 528 g/mol. The van der Waals surface area contributed by atoms with Gasteiger partial charge in [-0.15, -0.1) is 0 Å². The number of likely N-dealkylation sites (tertiary alicyclic amines) is 1. The highest BCUT2D eigenvalue weighted by atomic mass is 16.5. The molecule has 10 nitrogen and oxygen atoms in total. The molecule has 5 heterocycles. The molecule has 10 heteroatoms. The number of nitrogens with zero attached hydrogens (tertiary/aromatic N) is 8. The van der Waals surface area contributed by atoms with Crippen molar-refractivity contribution in [1.82, 2.24) is 34.2 Å². The zero-order valence-corrected chi connectivity index (χ0v) is 24.4. The van der Waals surface area contributed by atoms with Crippen LogP contribution in [0.25, 0.3) is 0 Å². The second-order valence-electron chi connectivity index (χ2n) is 12.1. The van der Waals surface area contributed by atoms with Crippen LogP contribution in [0, 0.1) is 0 Å². The highest BCUT2D eigenvalue weighted by Crippen LogP contribution is 2.42. The van der Waals surface area contributed by atoms with Gasteiger partial charge in [0, 0.05) is 69.3 Å². The first kappa shape index (κ1) is 27.1. The van der Waals surface area contributed by atoms with Gasteiger partial charge in [0.25, 0.3) is 0 Å². The quantitative estimate of drug-likeness (QED) is 0.384.